The molecule has 0 fully saturated rings. The van der Waals surface area contributed by atoms with E-state index in [9.17, 15) is 18.0 Å². The molecule has 2 amide bonds. The Labute approximate surface area is 209 Å². The number of hydrogen-bond donors (Lipinski definition) is 1. The third-order valence-electron chi connectivity index (χ3n) is 5.04. The minimum absolute atomic E-state index is 0.140. The van der Waals surface area contributed by atoms with Crippen molar-refractivity contribution in [3.63, 3.8) is 0 Å². The van der Waals surface area contributed by atoms with Crippen LogP contribution in [0.1, 0.15) is 32.3 Å². The number of halogens is 2. The number of unbranched alkanes of at least 4 members (excludes halogenated alkanes) is 1. The van der Waals surface area contributed by atoms with Gasteiger partial charge in [-0.05, 0) is 43.2 Å². The molecule has 2 aromatic carbocycles. The van der Waals surface area contributed by atoms with Crippen molar-refractivity contribution in [2.45, 2.75) is 39.3 Å². The predicted molar refractivity (Wildman–Crippen MR) is 136 cm³/mol. The van der Waals surface area contributed by atoms with Gasteiger partial charge in [0.15, 0.2) is 0 Å². The summed E-state index contributed by atoms with van der Waals surface area (Å²) in [7, 11) is -3.82. The van der Waals surface area contributed by atoms with E-state index in [1.54, 1.807) is 25.1 Å². The normalized spacial score (nSPS) is 12.2. The average molecular weight is 559 g/mol. The summed E-state index contributed by atoms with van der Waals surface area (Å²) < 4.78 is 26.9. The zero-order valence-corrected chi connectivity index (χ0v) is 22.1. The van der Waals surface area contributed by atoms with E-state index in [4.69, 9.17) is 11.6 Å². The van der Waals surface area contributed by atoms with Crippen molar-refractivity contribution in [3.8, 4) is 0 Å². The number of nitrogens with zero attached hydrogens (tertiary/aromatic N) is 2. The Balaban J connectivity index is 2.36. The number of benzene rings is 2. The molecule has 0 aliphatic carbocycles. The van der Waals surface area contributed by atoms with E-state index in [2.05, 4.69) is 21.2 Å². The second kappa shape index (κ2) is 12.4. The second-order valence-electron chi connectivity index (χ2n) is 7.69. The molecule has 2 rings (SSSR count). The highest BCUT2D eigenvalue weighted by atomic mass is 79.9. The van der Waals surface area contributed by atoms with Gasteiger partial charge in [-0.3, -0.25) is 13.9 Å². The zero-order chi connectivity index (χ0) is 24.6. The fraction of sp³-hybridized carbons (Fsp3) is 0.391. The number of carbonyl (C=O) groups excluding carboxylic acids is 2. The lowest BCUT2D eigenvalue weighted by Crippen LogP contribution is -2.51. The fourth-order valence-corrected chi connectivity index (χ4v) is 4.80. The molecular formula is C23H29BrClN3O4S. The van der Waals surface area contributed by atoms with Crippen molar-refractivity contribution in [2.75, 3.05) is 23.7 Å². The second-order valence-corrected chi connectivity index (χ2v) is 10.9. The molecule has 0 saturated carbocycles. The highest BCUT2D eigenvalue weighted by molar-refractivity contribution is 9.10. The fourth-order valence-electron chi connectivity index (χ4n) is 3.20. The lowest BCUT2D eigenvalue weighted by atomic mass is 10.1. The van der Waals surface area contributed by atoms with Crippen molar-refractivity contribution in [3.05, 3.63) is 63.6 Å². The van der Waals surface area contributed by atoms with Crippen LogP contribution in [0, 0.1) is 0 Å². The maximum absolute atomic E-state index is 13.4. The SMILES string of the molecule is CCCCNC(=O)C(C)N(Cc1cccc(Br)c1)C(=O)CN(c1ccccc1Cl)S(C)(=O)=O. The Hall–Kier alpha value is -2.10. The van der Waals surface area contributed by atoms with Gasteiger partial charge in [-0.1, -0.05) is 65.1 Å². The van der Waals surface area contributed by atoms with Crippen LogP contribution >= 0.6 is 27.5 Å². The molecule has 1 atom stereocenters. The van der Waals surface area contributed by atoms with E-state index in [0.717, 1.165) is 33.4 Å². The molecule has 33 heavy (non-hydrogen) atoms. The summed E-state index contributed by atoms with van der Waals surface area (Å²) in [5, 5.41) is 3.05. The summed E-state index contributed by atoms with van der Waals surface area (Å²) in [6, 6.07) is 13.0. The first-order valence-corrected chi connectivity index (χ1v) is 13.6. The summed E-state index contributed by atoms with van der Waals surface area (Å²) in [4.78, 5) is 27.6. The van der Waals surface area contributed by atoms with E-state index in [0.29, 0.717) is 6.54 Å². The minimum atomic E-state index is -3.82. The van der Waals surface area contributed by atoms with E-state index < -0.39 is 28.5 Å². The van der Waals surface area contributed by atoms with E-state index in [-0.39, 0.29) is 23.2 Å². The van der Waals surface area contributed by atoms with Crippen LogP contribution in [-0.2, 0) is 26.2 Å². The van der Waals surface area contributed by atoms with Crippen molar-refractivity contribution in [1.29, 1.82) is 0 Å². The first-order chi connectivity index (χ1) is 15.5. The highest BCUT2D eigenvalue weighted by Gasteiger charge is 2.30. The highest BCUT2D eigenvalue weighted by Crippen LogP contribution is 2.27. The molecule has 0 aliphatic rings. The number of amides is 2. The minimum Gasteiger partial charge on any atom is -0.354 e. The Morgan fingerprint density at radius 2 is 1.85 bits per heavy atom. The Kier molecular flexibility index (Phi) is 10.2. The monoisotopic (exact) mass is 557 g/mol. The van der Waals surface area contributed by atoms with Gasteiger partial charge in [-0.15, -0.1) is 0 Å². The van der Waals surface area contributed by atoms with Crippen molar-refractivity contribution in [2.24, 2.45) is 0 Å². The Morgan fingerprint density at radius 1 is 1.15 bits per heavy atom. The van der Waals surface area contributed by atoms with E-state index in [1.807, 2.05) is 31.2 Å². The largest absolute Gasteiger partial charge is 0.354 e. The topological polar surface area (TPSA) is 86.8 Å². The summed E-state index contributed by atoms with van der Waals surface area (Å²) in [5.74, 6) is -0.811. The quantitative estimate of drug-likeness (QED) is 0.419. The van der Waals surface area contributed by atoms with Crippen LogP contribution < -0.4 is 9.62 Å². The molecule has 180 valence electrons. The summed E-state index contributed by atoms with van der Waals surface area (Å²) in [6.07, 6.45) is 2.77. The smallest absolute Gasteiger partial charge is 0.244 e. The molecule has 0 aliphatic heterocycles. The molecule has 0 radical (unpaired) electrons. The molecular weight excluding hydrogens is 530 g/mol. The standard InChI is InChI=1S/C23H29BrClN3O4S/c1-4-5-13-26-23(30)17(2)27(15-18-9-8-10-19(24)14-18)22(29)16-28(33(3,31)32)21-12-7-6-11-20(21)25/h6-12,14,17H,4-5,13,15-16H2,1-3H3,(H,26,30). The van der Waals surface area contributed by atoms with Crippen LogP contribution in [0.15, 0.2) is 53.0 Å². The van der Waals surface area contributed by atoms with Crippen LogP contribution in [0.5, 0.6) is 0 Å². The first-order valence-electron chi connectivity index (χ1n) is 10.6. The van der Waals surface area contributed by atoms with Crippen LogP contribution in [0.4, 0.5) is 5.69 Å². The van der Waals surface area contributed by atoms with Gasteiger partial charge in [0.1, 0.15) is 12.6 Å². The molecule has 7 nitrogen and oxygen atoms in total. The van der Waals surface area contributed by atoms with Gasteiger partial charge in [-0.2, -0.15) is 0 Å². The van der Waals surface area contributed by atoms with E-state index in [1.165, 1.54) is 11.0 Å². The maximum atomic E-state index is 13.4. The molecule has 2 aromatic rings. The van der Waals surface area contributed by atoms with Crippen molar-refractivity contribution >= 4 is 55.1 Å². The number of nitrogens with one attached hydrogen (secondary N) is 1. The van der Waals surface area contributed by atoms with Crippen LogP contribution in [0.2, 0.25) is 5.02 Å². The zero-order valence-electron chi connectivity index (χ0n) is 18.9. The maximum Gasteiger partial charge on any atom is 0.244 e. The molecule has 10 heteroatoms. The number of anilines is 1. The van der Waals surface area contributed by atoms with Crippen LogP contribution in [0.3, 0.4) is 0 Å². The molecule has 0 saturated heterocycles. The molecule has 1 unspecified atom stereocenters. The van der Waals surface area contributed by atoms with Crippen LogP contribution in [-0.4, -0.2) is 50.5 Å². The van der Waals surface area contributed by atoms with Gasteiger partial charge >= 0.3 is 0 Å². The van der Waals surface area contributed by atoms with Crippen molar-refractivity contribution < 1.29 is 18.0 Å². The van der Waals surface area contributed by atoms with Gasteiger partial charge in [0.25, 0.3) is 0 Å². The number of sulfonamides is 1. The number of carbonyl (C=O) groups is 2. The molecule has 0 heterocycles. The van der Waals surface area contributed by atoms with Crippen LogP contribution in [0.25, 0.3) is 0 Å². The molecule has 0 spiro atoms. The van der Waals surface area contributed by atoms with Gasteiger partial charge in [0.05, 0.1) is 17.0 Å². The predicted octanol–water partition coefficient (Wildman–Crippen LogP) is 4.20. The summed E-state index contributed by atoms with van der Waals surface area (Å²) in [6.45, 7) is 3.82. The third-order valence-corrected chi connectivity index (χ3v) is 6.98. The van der Waals surface area contributed by atoms with Gasteiger partial charge in [-0.25, -0.2) is 8.42 Å². The van der Waals surface area contributed by atoms with Gasteiger partial charge < -0.3 is 10.2 Å². The molecule has 0 aromatic heterocycles. The van der Waals surface area contributed by atoms with Crippen molar-refractivity contribution in [1.82, 2.24) is 10.2 Å². The van der Waals surface area contributed by atoms with Gasteiger partial charge in [0, 0.05) is 17.6 Å². The number of para-hydroxylation sites is 1. The Morgan fingerprint density at radius 3 is 2.45 bits per heavy atom. The van der Waals surface area contributed by atoms with E-state index >= 15 is 0 Å². The lowest BCUT2D eigenvalue weighted by molar-refractivity contribution is -0.139. The lowest BCUT2D eigenvalue weighted by Gasteiger charge is -2.31. The summed E-state index contributed by atoms with van der Waals surface area (Å²) >= 11 is 9.64. The summed E-state index contributed by atoms with van der Waals surface area (Å²) in [5.41, 5.74) is 1.01. The average Bonchev–Trinajstić information content (AvgIpc) is 2.75. The Bertz CT molecular complexity index is 1080. The molecule has 1 N–H and O–H groups in total. The van der Waals surface area contributed by atoms with Gasteiger partial charge in [0.2, 0.25) is 21.8 Å². The molecule has 0 bridgehead atoms. The first kappa shape index (κ1) is 27.1. The number of rotatable bonds is 11. The number of hydrogen-bond acceptors (Lipinski definition) is 4. The third kappa shape index (κ3) is 8.01.